The summed E-state index contributed by atoms with van der Waals surface area (Å²) in [5, 5.41) is 7.74. The molecule has 3 rings (SSSR count). The molecule has 0 spiro atoms. The molecular formula is C18H16ClN3O5S2. The van der Waals surface area contributed by atoms with Crippen LogP contribution in [0, 0.1) is 0 Å². The fourth-order valence-electron chi connectivity index (χ4n) is 2.45. The molecule has 0 aliphatic carbocycles. The molecular weight excluding hydrogens is 438 g/mol. The molecule has 1 N–H and O–H groups in total. The predicted molar refractivity (Wildman–Crippen MR) is 109 cm³/mol. The van der Waals surface area contributed by atoms with E-state index in [1.165, 1.54) is 37.4 Å². The van der Waals surface area contributed by atoms with Gasteiger partial charge in [0.15, 0.2) is 14.9 Å². The van der Waals surface area contributed by atoms with Gasteiger partial charge in [0, 0.05) is 22.5 Å². The van der Waals surface area contributed by atoms with Crippen molar-refractivity contribution in [1.82, 2.24) is 10.2 Å². The van der Waals surface area contributed by atoms with Crippen LogP contribution in [0.4, 0.5) is 5.69 Å². The molecule has 0 atom stereocenters. The quantitative estimate of drug-likeness (QED) is 0.609. The summed E-state index contributed by atoms with van der Waals surface area (Å²) in [7, 11) is -6.00. The molecule has 3 aromatic rings. The first kappa shape index (κ1) is 21.0. The lowest BCUT2D eigenvalue weighted by atomic mass is 10.1. The van der Waals surface area contributed by atoms with Crippen LogP contribution in [0.1, 0.15) is 0 Å². The summed E-state index contributed by atoms with van der Waals surface area (Å²) < 4.78 is 55.9. The highest BCUT2D eigenvalue weighted by molar-refractivity contribution is 7.92. The zero-order valence-electron chi connectivity index (χ0n) is 15.3. The van der Waals surface area contributed by atoms with Crippen LogP contribution < -0.4 is 9.46 Å². The van der Waals surface area contributed by atoms with E-state index in [1.807, 2.05) is 0 Å². The molecule has 0 saturated carbocycles. The Morgan fingerprint density at radius 3 is 2.17 bits per heavy atom. The van der Waals surface area contributed by atoms with E-state index in [9.17, 15) is 16.8 Å². The molecule has 0 unspecified atom stereocenters. The van der Waals surface area contributed by atoms with E-state index in [-0.39, 0.29) is 20.7 Å². The van der Waals surface area contributed by atoms with Crippen LogP contribution >= 0.6 is 11.6 Å². The maximum atomic E-state index is 12.7. The lowest BCUT2D eigenvalue weighted by Gasteiger charge is -2.12. The molecule has 11 heteroatoms. The van der Waals surface area contributed by atoms with Gasteiger partial charge in [0.2, 0.25) is 0 Å². The Labute approximate surface area is 173 Å². The standard InChI is InChI=1S/C18H16ClN3O5S2/c1-27-16-9-5-13(19)11-17(16)29(25,26)22-14-6-3-12(4-7-14)15-8-10-18(21-20-15)28(2,23)24/h3-11,22H,1-2H3. The second-order valence-electron chi connectivity index (χ2n) is 6.01. The molecule has 1 aromatic heterocycles. The number of benzene rings is 2. The lowest BCUT2D eigenvalue weighted by Crippen LogP contribution is -2.14. The maximum Gasteiger partial charge on any atom is 0.265 e. The molecule has 29 heavy (non-hydrogen) atoms. The smallest absolute Gasteiger partial charge is 0.265 e. The van der Waals surface area contributed by atoms with Gasteiger partial charge in [-0.1, -0.05) is 23.7 Å². The highest BCUT2D eigenvalue weighted by Gasteiger charge is 2.20. The minimum Gasteiger partial charge on any atom is -0.495 e. The number of halogens is 1. The first-order valence-corrected chi connectivity index (χ1v) is 11.9. The van der Waals surface area contributed by atoms with Gasteiger partial charge >= 0.3 is 0 Å². The van der Waals surface area contributed by atoms with Gasteiger partial charge in [-0.3, -0.25) is 4.72 Å². The summed E-state index contributed by atoms with van der Waals surface area (Å²) in [6.07, 6.45) is 1.05. The van der Waals surface area contributed by atoms with Crippen LogP contribution in [0.5, 0.6) is 5.75 Å². The summed E-state index contributed by atoms with van der Waals surface area (Å²) in [6, 6.07) is 13.6. The number of hydrogen-bond donors (Lipinski definition) is 1. The van der Waals surface area contributed by atoms with Crippen LogP contribution in [-0.2, 0) is 19.9 Å². The molecule has 2 aromatic carbocycles. The Bertz CT molecular complexity index is 1240. The van der Waals surface area contributed by atoms with Crippen LogP contribution in [0.2, 0.25) is 5.02 Å². The Kier molecular flexibility index (Phi) is 5.78. The van der Waals surface area contributed by atoms with E-state index in [2.05, 4.69) is 14.9 Å². The van der Waals surface area contributed by atoms with E-state index in [0.717, 1.165) is 6.26 Å². The van der Waals surface area contributed by atoms with Crippen molar-refractivity contribution >= 4 is 37.1 Å². The van der Waals surface area contributed by atoms with Crippen LogP contribution in [0.25, 0.3) is 11.3 Å². The molecule has 0 bridgehead atoms. The van der Waals surface area contributed by atoms with Crippen molar-refractivity contribution in [1.29, 1.82) is 0 Å². The van der Waals surface area contributed by atoms with Gasteiger partial charge in [-0.15, -0.1) is 10.2 Å². The Morgan fingerprint density at radius 1 is 0.931 bits per heavy atom. The van der Waals surface area contributed by atoms with Crippen molar-refractivity contribution in [2.24, 2.45) is 0 Å². The Balaban J connectivity index is 1.85. The zero-order valence-corrected chi connectivity index (χ0v) is 17.7. The van der Waals surface area contributed by atoms with E-state index >= 15 is 0 Å². The largest absolute Gasteiger partial charge is 0.495 e. The second kappa shape index (κ2) is 7.97. The van der Waals surface area contributed by atoms with Gasteiger partial charge in [-0.2, -0.15) is 0 Å². The maximum absolute atomic E-state index is 12.7. The van der Waals surface area contributed by atoms with E-state index in [0.29, 0.717) is 16.9 Å². The average Bonchev–Trinajstić information content (AvgIpc) is 2.68. The average molecular weight is 454 g/mol. The molecule has 1 heterocycles. The molecule has 0 aliphatic rings. The molecule has 0 aliphatic heterocycles. The third-order valence-corrected chi connectivity index (χ3v) is 6.48. The number of aromatic nitrogens is 2. The topological polar surface area (TPSA) is 115 Å². The number of rotatable bonds is 6. The predicted octanol–water partition coefficient (Wildman–Crippen LogP) is 3.01. The van der Waals surface area contributed by atoms with Gasteiger partial charge < -0.3 is 4.74 Å². The number of methoxy groups -OCH3 is 1. The Hall–Kier alpha value is -2.69. The first-order valence-electron chi connectivity index (χ1n) is 8.11. The second-order valence-corrected chi connectivity index (χ2v) is 10.1. The highest BCUT2D eigenvalue weighted by Crippen LogP contribution is 2.29. The molecule has 0 radical (unpaired) electrons. The summed E-state index contributed by atoms with van der Waals surface area (Å²) >= 11 is 5.91. The van der Waals surface area contributed by atoms with Crippen LogP contribution in [-0.4, -0.2) is 40.4 Å². The summed E-state index contributed by atoms with van der Waals surface area (Å²) in [5.41, 5.74) is 1.40. The number of sulfone groups is 1. The lowest BCUT2D eigenvalue weighted by molar-refractivity contribution is 0.403. The third kappa shape index (κ3) is 4.84. The summed E-state index contributed by atoms with van der Waals surface area (Å²) in [5.74, 6) is 0.166. The monoisotopic (exact) mass is 453 g/mol. The van der Waals surface area contributed by atoms with E-state index < -0.39 is 19.9 Å². The number of anilines is 1. The van der Waals surface area contributed by atoms with E-state index in [4.69, 9.17) is 16.3 Å². The van der Waals surface area contributed by atoms with Gasteiger partial charge in [0.25, 0.3) is 10.0 Å². The molecule has 0 fully saturated rings. The van der Waals surface area contributed by atoms with Crippen molar-refractivity contribution in [2.45, 2.75) is 9.92 Å². The number of nitrogens with one attached hydrogen (secondary N) is 1. The number of nitrogens with zero attached hydrogens (tertiary/aromatic N) is 2. The van der Waals surface area contributed by atoms with Crippen molar-refractivity contribution < 1.29 is 21.6 Å². The SMILES string of the molecule is COc1ccc(Cl)cc1S(=O)(=O)Nc1ccc(-c2ccc(S(C)(=O)=O)nn2)cc1. The van der Waals surface area contributed by atoms with Gasteiger partial charge in [0.05, 0.1) is 12.8 Å². The van der Waals surface area contributed by atoms with E-state index in [1.54, 1.807) is 24.3 Å². The van der Waals surface area contributed by atoms with Crippen LogP contribution in [0.3, 0.4) is 0 Å². The first-order chi connectivity index (χ1) is 13.6. The zero-order chi connectivity index (χ0) is 21.2. The minimum absolute atomic E-state index is 0.0844. The molecule has 0 amide bonds. The molecule has 152 valence electrons. The van der Waals surface area contributed by atoms with Crippen molar-refractivity contribution in [3.05, 3.63) is 59.6 Å². The van der Waals surface area contributed by atoms with Crippen molar-refractivity contribution in [2.75, 3.05) is 18.1 Å². The molecule has 8 nitrogen and oxygen atoms in total. The summed E-state index contributed by atoms with van der Waals surface area (Å²) in [6.45, 7) is 0. The van der Waals surface area contributed by atoms with Crippen molar-refractivity contribution in [3.8, 4) is 17.0 Å². The van der Waals surface area contributed by atoms with Gasteiger partial charge in [0.1, 0.15) is 10.6 Å². The van der Waals surface area contributed by atoms with Gasteiger partial charge in [-0.05, 0) is 42.5 Å². The normalized spacial score (nSPS) is 11.8. The fourth-order valence-corrected chi connectivity index (χ4v) is 4.45. The molecule has 0 saturated heterocycles. The number of ether oxygens (including phenoxy) is 1. The van der Waals surface area contributed by atoms with Crippen LogP contribution in [0.15, 0.2) is 64.5 Å². The number of hydrogen-bond acceptors (Lipinski definition) is 7. The number of sulfonamides is 1. The van der Waals surface area contributed by atoms with Crippen molar-refractivity contribution in [3.63, 3.8) is 0 Å². The summed E-state index contributed by atoms with van der Waals surface area (Å²) in [4.78, 5) is -0.0844. The fraction of sp³-hybridized carbons (Fsp3) is 0.111. The third-order valence-electron chi connectivity index (χ3n) is 3.87. The highest BCUT2D eigenvalue weighted by atomic mass is 35.5. The minimum atomic E-state index is -3.93. The Morgan fingerprint density at radius 2 is 1.62 bits per heavy atom. The van der Waals surface area contributed by atoms with Gasteiger partial charge in [-0.25, -0.2) is 16.8 Å².